The molecule has 0 aromatic heterocycles. The zero-order valence-corrected chi connectivity index (χ0v) is 10.7. The largest absolute Gasteiger partial charge is 0.375 e. The molecule has 2 atom stereocenters. The van der Waals surface area contributed by atoms with Gasteiger partial charge in [-0.1, -0.05) is 30.3 Å². The van der Waals surface area contributed by atoms with Gasteiger partial charge in [-0.15, -0.1) is 0 Å². The van der Waals surface area contributed by atoms with Crippen LogP contribution in [0.15, 0.2) is 30.3 Å². The van der Waals surface area contributed by atoms with Gasteiger partial charge in [0.25, 0.3) is 20.2 Å². The van der Waals surface area contributed by atoms with Gasteiger partial charge in [0.05, 0.1) is 0 Å². The molecule has 3 N–H and O–H groups in total. The Labute approximate surface area is 105 Å². The highest BCUT2D eigenvalue weighted by molar-refractivity contribution is 7.87. The lowest BCUT2D eigenvalue weighted by Crippen LogP contribution is -2.25. The Balaban J connectivity index is 3.11. The molecule has 102 valence electrons. The zero-order chi connectivity index (χ0) is 14.0. The fourth-order valence-corrected chi connectivity index (χ4v) is 2.89. The van der Waals surface area contributed by atoms with Crippen molar-refractivity contribution in [3.63, 3.8) is 0 Å². The van der Waals surface area contributed by atoms with E-state index in [9.17, 15) is 16.8 Å². The van der Waals surface area contributed by atoms with Crippen LogP contribution in [-0.4, -0.2) is 36.5 Å². The lowest BCUT2D eigenvalue weighted by atomic mass is 10.1. The Kier molecular flexibility index (Phi) is 4.46. The van der Waals surface area contributed by atoms with Crippen LogP contribution in [0.2, 0.25) is 0 Å². The van der Waals surface area contributed by atoms with Gasteiger partial charge in [-0.05, 0) is 5.56 Å². The second-order valence-corrected chi connectivity index (χ2v) is 6.79. The topological polar surface area (TPSA) is 129 Å². The molecule has 1 rings (SSSR count). The average Bonchev–Trinajstić information content (AvgIpc) is 2.23. The molecule has 0 saturated carbocycles. The monoisotopic (exact) mass is 296 g/mol. The van der Waals surface area contributed by atoms with Crippen LogP contribution in [0.25, 0.3) is 0 Å². The molecule has 0 amide bonds. The normalized spacial score (nSPS) is 16.2. The molecule has 0 aliphatic heterocycles. The molecule has 0 heterocycles. The number of hydrogen-bond donors (Lipinski definition) is 3. The third-order valence-corrected chi connectivity index (χ3v) is 4.35. The highest BCUT2D eigenvalue weighted by Crippen LogP contribution is 2.27. The number of hydrogen-bond acceptors (Lipinski definition) is 5. The Hall–Kier alpha value is -1.00. The van der Waals surface area contributed by atoms with E-state index in [2.05, 4.69) is 0 Å². The molecule has 1 aromatic carbocycles. The molecule has 9 heteroatoms. The van der Waals surface area contributed by atoms with Crippen molar-refractivity contribution in [1.82, 2.24) is 0 Å². The van der Waals surface area contributed by atoms with E-state index >= 15 is 0 Å². The first-order valence-electron chi connectivity index (χ1n) is 4.78. The summed E-state index contributed by atoms with van der Waals surface area (Å²) in [6.45, 7) is 0. The van der Waals surface area contributed by atoms with E-state index in [1.807, 2.05) is 0 Å². The minimum Gasteiger partial charge on any atom is -0.375 e. The summed E-state index contributed by atoms with van der Waals surface area (Å²) in [4.78, 5) is 0. The maximum Gasteiger partial charge on any atom is 0.292 e. The number of aliphatic hydroxyl groups excluding tert-OH is 1. The number of benzene rings is 1. The molecule has 0 radical (unpaired) electrons. The summed E-state index contributed by atoms with van der Waals surface area (Å²) in [6, 6.07) is 7.30. The van der Waals surface area contributed by atoms with E-state index in [4.69, 9.17) is 14.2 Å². The lowest BCUT2D eigenvalue weighted by molar-refractivity contribution is 0.220. The van der Waals surface area contributed by atoms with Crippen LogP contribution in [-0.2, 0) is 20.2 Å². The van der Waals surface area contributed by atoms with E-state index in [1.54, 1.807) is 6.07 Å². The van der Waals surface area contributed by atoms with Crippen LogP contribution in [0.5, 0.6) is 0 Å². The van der Waals surface area contributed by atoms with Crippen molar-refractivity contribution >= 4 is 20.2 Å². The van der Waals surface area contributed by atoms with Gasteiger partial charge >= 0.3 is 0 Å². The summed E-state index contributed by atoms with van der Waals surface area (Å²) in [5.41, 5.74) is -2.17. The first-order chi connectivity index (χ1) is 8.12. The molecule has 0 saturated heterocycles. The molecule has 0 unspecified atom stereocenters. The maximum atomic E-state index is 11.2. The van der Waals surface area contributed by atoms with E-state index in [0.717, 1.165) is 0 Å². The third-order valence-electron chi connectivity index (χ3n) is 2.29. The fourth-order valence-electron chi connectivity index (χ4n) is 1.40. The molecule has 1 aromatic rings. The molecule has 18 heavy (non-hydrogen) atoms. The quantitative estimate of drug-likeness (QED) is 0.662. The standard InChI is InChI=1S/C9H12O7S2/c10-9(18(14,15)16)6-8(17(11,12)13)7-4-2-1-3-5-7/h1-5,8-10H,6H2,(H,11,12,13)(H,14,15,16)/t8-,9-/m0/s1. The summed E-state index contributed by atoms with van der Waals surface area (Å²) < 4.78 is 61.3. The van der Waals surface area contributed by atoms with Crippen molar-refractivity contribution in [2.45, 2.75) is 17.1 Å². The second-order valence-electron chi connectivity index (χ2n) is 3.62. The van der Waals surface area contributed by atoms with Crippen molar-refractivity contribution in [3.05, 3.63) is 35.9 Å². The second kappa shape index (κ2) is 5.33. The molecular formula is C9H12O7S2. The van der Waals surface area contributed by atoms with Crippen LogP contribution in [0.4, 0.5) is 0 Å². The van der Waals surface area contributed by atoms with E-state index in [-0.39, 0.29) is 5.56 Å². The predicted molar refractivity (Wildman–Crippen MR) is 62.9 cm³/mol. The highest BCUT2D eigenvalue weighted by Gasteiger charge is 2.32. The Bertz CT molecular complexity index is 591. The smallest absolute Gasteiger partial charge is 0.292 e. The average molecular weight is 296 g/mol. The fraction of sp³-hybridized carbons (Fsp3) is 0.333. The van der Waals surface area contributed by atoms with Crippen LogP contribution in [0.3, 0.4) is 0 Å². The summed E-state index contributed by atoms with van der Waals surface area (Å²) in [5, 5.41) is 7.54. The molecule has 0 fully saturated rings. The van der Waals surface area contributed by atoms with Crippen molar-refractivity contribution < 1.29 is 31.0 Å². The highest BCUT2D eigenvalue weighted by atomic mass is 32.2. The first kappa shape index (κ1) is 15.1. The van der Waals surface area contributed by atoms with E-state index < -0.39 is 37.3 Å². The summed E-state index contributed by atoms with van der Waals surface area (Å²) in [6.07, 6.45) is -0.859. The van der Waals surface area contributed by atoms with Gasteiger partial charge in [-0.3, -0.25) is 9.11 Å². The van der Waals surface area contributed by atoms with Crippen LogP contribution in [0.1, 0.15) is 17.2 Å². The summed E-state index contributed by atoms with van der Waals surface area (Å²) >= 11 is 0. The SMILES string of the molecule is O=S(=O)(O)[C@H](O)C[C@@H](c1ccccc1)S(=O)(=O)O. The van der Waals surface area contributed by atoms with Crippen LogP contribution < -0.4 is 0 Å². The molecular weight excluding hydrogens is 284 g/mol. The van der Waals surface area contributed by atoms with Gasteiger partial charge in [0, 0.05) is 6.42 Å². The van der Waals surface area contributed by atoms with Crippen LogP contribution >= 0.6 is 0 Å². The predicted octanol–water partition coefficient (Wildman–Crippen LogP) is 0.212. The zero-order valence-electron chi connectivity index (χ0n) is 9.04. The summed E-state index contributed by atoms with van der Waals surface area (Å²) in [7, 11) is -9.40. The number of rotatable bonds is 5. The molecule has 7 nitrogen and oxygen atoms in total. The Morgan fingerprint density at radius 2 is 1.44 bits per heavy atom. The van der Waals surface area contributed by atoms with Crippen molar-refractivity contribution in [3.8, 4) is 0 Å². The van der Waals surface area contributed by atoms with Crippen LogP contribution in [0, 0.1) is 0 Å². The Morgan fingerprint density at radius 1 is 0.944 bits per heavy atom. The van der Waals surface area contributed by atoms with E-state index in [0.29, 0.717) is 0 Å². The van der Waals surface area contributed by atoms with E-state index in [1.165, 1.54) is 24.3 Å². The lowest BCUT2D eigenvalue weighted by Gasteiger charge is -2.16. The van der Waals surface area contributed by atoms with Gasteiger partial charge in [-0.25, -0.2) is 0 Å². The molecule has 0 spiro atoms. The molecule has 0 aliphatic rings. The van der Waals surface area contributed by atoms with Gasteiger partial charge in [0.1, 0.15) is 5.25 Å². The minimum absolute atomic E-state index is 0.114. The first-order valence-corrected chi connectivity index (χ1v) is 7.78. The van der Waals surface area contributed by atoms with Crippen molar-refractivity contribution in [2.75, 3.05) is 0 Å². The van der Waals surface area contributed by atoms with Crippen molar-refractivity contribution in [2.24, 2.45) is 0 Å². The van der Waals surface area contributed by atoms with Crippen molar-refractivity contribution in [1.29, 1.82) is 0 Å². The van der Waals surface area contributed by atoms with Gasteiger partial charge < -0.3 is 5.11 Å². The maximum absolute atomic E-state index is 11.2. The van der Waals surface area contributed by atoms with Gasteiger partial charge in [0.2, 0.25) is 0 Å². The van der Waals surface area contributed by atoms with Gasteiger partial charge in [-0.2, -0.15) is 16.8 Å². The third kappa shape index (κ3) is 4.03. The minimum atomic E-state index is -4.79. The summed E-state index contributed by atoms with van der Waals surface area (Å²) in [5.74, 6) is 0. The molecule has 0 bridgehead atoms. The van der Waals surface area contributed by atoms with Gasteiger partial charge in [0.15, 0.2) is 5.44 Å². The Morgan fingerprint density at radius 3 is 1.83 bits per heavy atom. The molecule has 0 aliphatic carbocycles. The number of aliphatic hydroxyl groups is 1.